The average Bonchev–Trinajstić information content (AvgIpc) is 3.06. The number of likely N-dealkylation sites (N-methyl/N-ethyl adjacent to an activating group) is 1. The molecule has 6 heteroatoms. The molecule has 1 aliphatic rings. The molecule has 0 saturated carbocycles. The Morgan fingerprint density at radius 2 is 2.50 bits per heavy atom. The maximum atomic E-state index is 12.5. The molecule has 0 aromatic carbocycles. The number of aromatic nitrogens is 2. The number of aryl methyl sites for hydroxylation is 1. The predicted octanol–water partition coefficient (Wildman–Crippen LogP) is 2.01. The van der Waals surface area contributed by atoms with Gasteiger partial charge in [0.05, 0.1) is 0 Å². The van der Waals surface area contributed by atoms with E-state index in [0.717, 1.165) is 31.7 Å². The van der Waals surface area contributed by atoms with Crippen LogP contribution in [-0.4, -0.2) is 58.1 Å². The number of rotatable bonds is 5. The topological polar surface area (TPSA) is 52.2 Å². The van der Waals surface area contributed by atoms with Crippen molar-refractivity contribution in [1.29, 1.82) is 0 Å². The molecule has 110 valence electrons. The minimum absolute atomic E-state index is 0.0107. The molecule has 1 amide bonds. The van der Waals surface area contributed by atoms with Crippen molar-refractivity contribution in [2.24, 2.45) is 0 Å². The van der Waals surface area contributed by atoms with Crippen molar-refractivity contribution < 1.29 is 4.79 Å². The first-order valence-corrected chi connectivity index (χ1v) is 7.40. The molecule has 5 nitrogen and oxygen atoms in total. The first-order chi connectivity index (χ1) is 9.65. The van der Waals surface area contributed by atoms with Crippen LogP contribution in [0.25, 0.3) is 0 Å². The van der Waals surface area contributed by atoms with Crippen molar-refractivity contribution in [2.45, 2.75) is 26.3 Å². The van der Waals surface area contributed by atoms with Gasteiger partial charge in [0.15, 0.2) is 0 Å². The van der Waals surface area contributed by atoms with Gasteiger partial charge >= 0.3 is 0 Å². The number of carbonyl (C=O) groups excluding carboxylic acids is 1. The highest BCUT2D eigenvalue weighted by Crippen LogP contribution is 2.17. The molecule has 1 N–H and O–H groups in total. The molecule has 20 heavy (non-hydrogen) atoms. The maximum absolute atomic E-state index is 12.5. The number of carbonyl (C=O) groups is 1. The van der Waals surface area contributed by atoms with Gasteiger partial charge in [0, 0.05) is 43.4 Å². The molecular weight excluding hydrogens is 276 g/mol. The third-order valence-electron chi connectivity index (χ3n) is 3.67. The highest BCUT2D eigenvalue weighted by Gasteiger charge is 2.30. The van der Waals surface area contributed by atoms with Gasteiger partial charge in [-0.05, 0) is 26.3 Å². The van der Waals surface area contributed by atoms with Crippen LogP contribution in [0.15, 0.2) is 17.7 Å². The summed E-state index contributed by atoms with van der Waals surface area (Å²) >= 11 is 5.56. The lowest BCUT2D eigenvalue weighted by Crippen LogP contribution is -2.42. The molecule has 1 fully saturated rings. The fraction of sp³-hybridized carbons (Fsp3) is 0.571. The molecule has 2 heterocycles. The van der Waals surface area contributed by atoms with Crippen LogP contribution in [0.1, 0.15) is 29.5 Å². The largest absolute Gasteiger partial charge is 0.333 e. The zero-order chi connectivity index (χ0) is 14.5. The summed E-state index contributed by atoms with van der Waals surface area (Å²) in [6.45, 7) is 7.34. The second-order valence-corrected chi connectivity index (χ2v) is 5.34. The Morgan fingerprint density at radius 1 is 1.70 bits per heavy atom. The van der Waals surface area contributed by atoms with Crippen molar-refractivity contribution in [3.05, 3.63) is 29.1 Å². The van der Waals surface area contributed by atoms with Gasteiger partial charge in [-0.3, -0.25) is 14.8 Å². The summed E-state index contributed by atoms with van der Waals surface area (Å²) in [4.78, 5) is 16.7. The number of nitrogens with one attached hydrogen (secondary N) is 1. The Hall–Kier alpha value is -1.33. The lowest BCUT2D eigenvalue weighted by molar-refractivity contribution is 0.0689. The Bertz CT molecular complexity index is 485. The average molecular weight is 297 g/mol. The second-order valence-electron chi connectivity index (χ2n) is 5.09. The van der Waals surface area contributed by atoms with Gasteiger partial charge < -0.3 is 4.90 Å². The van der Waals surface area contributed by atoms with Crippen molar-refractivity contribution in [3.63, 3.8) is 0 Å². The molecule has 0 spiro atoms. The van der Waals surface area contributed by atoms with E-state index in [4.69, 9.17) is 11.6 Å². The molecule has 1 aromatic heterocycles. The minimum Gasteiger partial charge on any atom is -0.333 e. The second kappa shape index (κ2) is 6.90. The van der Waals surface area contributed by atoms with E-state index in [0.29, 0.717) is 12.2 Å². The Balaban J connectivity index is 2.00. The number of halogens is 1. The fourth-order valence-corrected chi connectivity index (χ4v) is 2.74. The van der Waals surface area contributed by atoms with E-state index >= 15 is 0 Å². The third-order valence-corrected chi connectivity index (χ3v) is 3.85. The summed E-state index contributed by atoms with van der Waals surface area (Å²) in [5.41, 5.74) is 2.95. The monoisotopic (exact) mass is 296 g/mol. The number of H-pyrrole nitrogens is 1. The quantitative estimate of drug-likeness (QED) is 0.904. The maximum Gasteiger partial charge on any atom is 0.274 e. The van der Waals surface area contributed by atoms with Crippen LogP contribution in [0.3, 0.4) is 0 Å². The molecule has 1 aromatic rings. The van der Waals surface area contributed by atoms with Crippen LogP contribution in [-0.2, 0) is 0 Å². The van der Waals surface area contributed by atoms with Gasteiger partial charge in [0.2, 0.25) is 0 Å². The third kappa shape index (κ3) is 3.41. The number of hydrogen-bond acceptors (Lipinski definition) is 3. The molecular formula is C14H21ClN4O. The minimum atomic E-state index is 0.0107. The van der Waals surface area contributed by atoms with Crippen molar-refractivity contribution >= 4 is 17.5 Å². The van der Waals surface area contributed by atoms with E-state index in [9.17, 15) is 4.79 Å². The SMILES string of the molecule is CCN(C(=O)c1cc(C)[nH]n1)C1CCN(C/C=C/Cl)C1. The summed E-state index contributed by atoms with van der Waals surface area (Å²) in [5, 5.41) is 6.89. The number of nitrogens with zero attached hydrogens (tertiary/aromatic N) is 3. The molecule has 0 bridgehead atoms. The molecule has 1 atom stereocenters. The summed E-state index contributed by atoms with van der Waals surface area (Å²) in [6.07, 6.45) is 2.93. The van der Waals surface area contributed by atoms with Crippen LogP contribution in [0.5, 0.6) is 0 Å². The van der Waals surface area contributed by atoms with Gasteiger partial charge in [-0.2, -0.15) is 5.10 Å². The van der Waals surface area contributed by atoms with Gasteiger partial charge in [-0.25, -0.2) is 0 Å². The van der Waals surface area contributed by atoms with E-state index in [1.165, 1.54) is 0 Å². The number of likely N-dealkylation sites (tertiary alicyclic amines) is 1. The van der Waals surface area contributed by atoms with Crippen molar-refractivity contribution in [2.75, 3.05) is 26.2 Å². The molecule has 1 aliphatic heterocycles. The first kappa shape index (κ1) is 15.1. The zero-order valence-electron chi connectivity index (χ0n) is 12.0. The summed E-state index contributed by atoms with van der Waals surface area (Å²) in [7, 11) is 0. The Labute approximate surface area is 124 Å². The molecule has 0 radical (unpaired) electrons. The standard InChI is InChI=1S/C14H21ClN4O/c1-3-19(14(20)13-9-11(2)16-17-13)12-5-8-18(10-12)7-4-6-15/h4,6,9,12H,3,5,7-8,10H2,1-2H3,(H,16,17)/b6-4+. The normalized spacial score (nSPS) is 19.9. The first-order valence-electron chi connectivity index (χ1n) is 6.96. The van der Waals surface area contributed by atoms with Crippen molar-refractivity contribution in [3.8, 4) is 0 Å². The summed E-state index contributed by atoms with van der Waals surface area (Å²) in [5.74, 6) is 0.0107. The van der Waals surface area contributed by atoms with Crippen LogP contribution in [0.4, 0.5) is 0 Å². The fourth-order valence-electron chi connectivity index (χ4n) is 2.66. The van der Waals surface area contributed by atoms with E-state index in [-0.39, 0.29) is 11.9 Å². The van der Waals surface area contributed by atoms with Crippen LogP contribution in [0, 0.1) is 6.92 Å². The van der Waals surface area contributed by atoms with E-state index in [1.54, 1.807) is 11.6 Å². The summed E-state index contributed by atoms with van der Waals surface area (Å²) in [6, 6.07) is 2.06. The molecule has 1 saturated heterocycles. The number of amides is 1. The van der Waals surface area contributed by atoms with Crippen molar-refractivity contribution in [1.82, 2.24) is 20.0 Å². The molecule has 0 aliphatic carbocycles. The lowest BCUT2D eigenvalue weighted by Gasteiger charge is -2.27. The predicted molar refractivity (Wildman–Crippen MR) is 79.9 cm³/mol. The molecule has 2 rings (SSSR count). The zero-order valence-corrected chi connectivity index (χ0v) is 12.7. The van der Waals surface area contributed by atoms with Gasteiger partial charge in [0.25, 0.3) is 5.91 Å². The van der Waals surface area contributed by atoms with Crippen LogP contribution in [0.2, 0.25) is 0 Å². The Kier molecular flexibility index (Phi) is 5.20. The Morgan fingerprint density at radius 3 is 3.10 bits per heavy atom. The van der Waals surface area contributed by atoms with Gasteiger partial charge in [-0.1, -0.05) is 17.7 Å². The highest BCUT2D eigenvalue weighted by molar-refractivity contribution is 6.25. The van der Waals surface area contributed by atoms with E-state index < -0.39 is 0 Å². The number of aromatic amines is 1. The van der Waals surface area contributed by atoms with Gasteiger partial charge in [-0.15, -0.1) is 0 Å². The highest BCUT2D eigenvalue weighted by atomic mass is 35.5. The van der Waals surface area contributed by atoms with Crippen LogP contribution < -0.4 is 0 Å². The van der Waals surface area contributed by atoms with Crippen LogP contribution >= 0.6 is 11.6 Å². The van der Waals surface area contributed by atoms with Gasteiger partial charge in [0.1, 0.15) is 5.69 Å². The summed E-state index contributed by atoms with van der Waals surface area (Å²) < 4.78 is 0. The van der Waals surface area contributed by atoms with E-state index in [2.05, 4.69) is 15.1 Å². The van der Waals surface area contributed by atoms with E-state index in [1.807, 2.05) is 24.8 Å². The smallest absolute Gasteiger partial charge is 0.274 e. The molecule has 1 unspecified atom stereocenters. The lowest BCUT2D eigenvalue weighted by atomic mass is 10.2. The number of hydrogen-bond donors (Lipinski definition) is 1.